The second kappa shape index (κ2) is 6.76. The van der Waals surface area contributed by atoms with Crippen molar-refractivity contribution in [1.82, 2.24) is 0 Å². The summed E-state index contributed by atoms with van der Waals surface area (Å²) < 4.78 is 6.49. The van der Waals surface area contributed by atoms with Crippen molar-refractivity contribution in [2.75, 3.05) is 11.9 Å². The lowest BCUT2D eigenvalue weighted by atomic mass is 10.1. The smallest absolute Gasteiger partial charge is 0.255 e. The summed E-state index contributed by atoms with van der Waals surface area (Å²) in [6, 6.07) is 11.3. The molecule has 0 atom stereocenters. The molecule has 2 aromatic carbocycles. The van der Waals surface area contributed by atoms with Gasteiger partial charge in [0.25, 0.3) is 5.91 Å². The van der Waals surface area contributed by atoms with Gasteiger partial charge in [0.1, 0.15) is 5.75 Å². The van der Waals surface area contributed by atoms with E-state index in [2.05, 4.69) is 21.2 Å². The first-order chi connectivity index (χ1) is 10.0. The first-order valence-corrected chi connectivity index (χ1v) is 7.61. The molecule has 0 saturated heterocycles. The van der Waals surface area contributed by atoms with Crippen LogP contribution in [0.4, 0.5) is 5.69 Å². The maximum atomic E-state index is 12.3. The van der Waals surface area contributed by atoms with Gasteiger partial charge in [-0.1, -0.05) is 28.1 Å². The Labute approximate surface area is 133 Å². The zero-order chi connectivity index (χ0) is 15.4. The zero-order valence-corrected chi connectivity index (χ0v) is 14.0. The van der Waals surface area contributed by atoms with Crippen LogP contribution >= 0.6 is 15.9 Å². The number of hydrogen-bond donors (Lipinski definition) is 1. The quantitative estimate of drug-likeness (QED) is 0.868. The summed E-state index contributed by atoms with van der Waals surface area (Å²) in [5, 5.41) is 2.90. The van der Waals surface area contributed by atoms with Crippen molar-refractivity contribution in [2.45, 2.75) is 20.8 Å². The van der Waals surface area contributed by atoms with E-state index in [1.807, 2.05) is 57.2 Å². The maximum absolute atomic E-state index is 12.3. The topological polar surface area (TPSA) is 38.3 Å². The molecule has 0 heterocycles. The molecule has 0 aromatic heterocycles. The highest BCUT2D eigenvalue weighted by molar-refractivity contribution is 9.10. The van der Waals surface area contributed by atoms with Crippen molar-refractivity contribution in [3.63, 3.8) is 0 Å². The summed E-state index contributed by atoms with van der Waals surface area (Å²) in [7, 11) is 0. The number of anilines is 1. The summed E-state index contributed by atoms with van der Waals surface area (Å²) >= 11 is 3.44. The van der Waals surface area contributed by atoms with Gasteiger partial charge in [-0.15, -0.1) is 0 Å². The van der Waals surface area contributed by atoms with Crippen LogP contribution in [0, 0.1) is 13.8 Å². The third-order valence-corrected chi connectivity index (χ3v) is 3.97. The van der Waals surface area contributed by atoms with Crippen molar-refractivity contribution in [3.8, 4) is 5.75 Å². The van der Waals surface area contributed by atoms with Gasteiger partial charge < -0.3 is 10.1 Å². The normalized spacial score (nSPS) is 10.3. The highest BCUT2D eigenvalue weighted by atomic mass is 79.9. The minimum absolute atomic E-state index is 0.152. The fourth-order valence-electron chi connectivity index (χ4n) is 1.94. The highest BCUT2D eigenvalue weighted by Gasteiger charge is 2.11. The molecule has 0 radical (unpaired) electrons. The molecule has 0 aliphatic heterocycles. The SMILES string of the molecule is CCOc1cc(C)ccc1NC(=O)c1ccc(C)c(Br)c1. The van der Waals surface area contributed by atoms with Crippen LogP contribution in [-0.2, 0) is 0 Å². The number of ether oxygens (including phenoxy) is 1. The van der Waals surface area contributed by atoms with Crippen LogP contribution in [0.2, 0.25) is 0 Å². The van der Waals surface area contributed by atoms with Crippen molar-refractivity contribution >= 4 is 27.5 Å². The number of benzene rings is 2. The molecule has 0 unspecified atom stereocenters. The summed E-state index contributed by atoms with van der Waals surface area (Å²) in [5.41, 5.74) is 3.48. The van der Waals surface area contributed by atoms with Gasteiger partial charge in [0.05, 0.1) is 12.3 Å². The fourth-order valence-corrected chi connectivity index (χ4v) is 2.32. The second-order valence-corrected chi connectivity index (χ2v) is 5.71. The molecular formula is C17H18BrNO2. The van der Waals surface area contributed by atoms with Crippen LogP contribution in [-0.4, -0.2) is 12.5 Å². The number of amides is 1. The number of hydrogen-bond acceptors (Lipinski definition) is 2. The van der Waals surface area contributed by atoms with Crippen molar-refractivity contribution in [1.29, 1.82) is 0 Å². The van der Waals surface area contributed by atoms with E-state index in [0.29, 0.717) is 23.6 Å². The Morgan fingerprint density at radius 1 is 1.19 bits per heavy atom. The maximum Gasteiger partial charge on any atom is 0.255 e. The molecular weight excluding hydrogens is 330 g/mol. The second-order valence-electron chi connectivity index (χ2n) is 4.85. The van der Waals surface area contributed by atoms with E-state index in [1.54, 1.807) is 0 Å². The minimum atomic E-state index is -0.152. The van der Waals surface area contributed by atoms with Crippen LogP contribution in [0.5, 0.6) is 5.75 Å². The molecule has 110 valence electrons. The Morgan fingerprint density at radius 3 is 2.62 bits per heavy atom. The number of aryl methyl sites for hydroxylation is 2. The van der Waals surface area contributed by atoms with E-state index in [4.69, 9.17) is 4.74 Å². The Kier molecular flexibility index (Phi) is 5.02. The molecule has 1 N–H and O–H groups in total. The van der Waals surface area contributed by atoms with Gasteiger partial charge in [-0.05, 0) is 56.2 Å². The van der Waals surface area contributed by atoms with Gasteiger partial charge >= 0.3 is 0 Å². The third-order valence-electron chi connectivity index (χ3n) is 3.12. The fraction of sp³-hybridized carbons (Fsp3) is 0.235. The highest BCUT2D eigenvalue weighted by Crippen LogP contribution is 2.27. The zero-order valence-electron chi connectivity index (χ0n) is 12.4. The minimum Gasteiger partial charge on any atom is -0.492 e. The summed E-state index contributed by atoms with van der Waals surface area (Å²) in [4.78, 5) is 12.3. The van der Waals surface area contributed by atoms with Gasteiger partial charge in [0, 0.05) is 10.0 Å². The number of nitrogens with one attached hydrogen (secondary N) is 1. The van der Waals surface area contributed by atoms with Crippen LogP contribution < -0.4 is 10.1 Å². The van der Waals surface area contributed by atoms with E-state index >= 15 is 0 Å². The van der Waals surface area contributed by atoms with Gasteiger partial charge in [-0.3, -0.25) is 4.79 Å². The molecule has 0 aliphatic carbocycles. The Hall–Kier alpha value is -1.81. The Bertz CT molecular complexity index is 668. The van der Waals surface area contributed by atoms with Crippen molar-refractivity contribution in [3.05, 3.63) is 57.6 Å². The van der Waals surface area contributed by atoms with Crippen LogP contribution in [0.3, 0.4) is 0 Å². The summed E-state index contributed by atoms with van der Waals surface area (Å²) in [6.07, 6.45) is 0. The third kappa shape index (κ3) is 3.85. The van der Waals surface area contributed by atoms with Crippen LogP contribution in [0.1, 0.15) is 28.4 Å². The van der Waals surface area contributed by atoms with Crippen LogP contribution in [0.25, 0.3) is 0 Å². The van der Waals surface area contributed by atoms with Crippen LogP contribution in [0.15, 0.2) is 40.9 Å². The molecule has 2 rings (SSSR count). The lowest BCUT2D eigenvalue weighted by molar-refractivity contribution is 0.102. The Balaban J connectivity index is 2.24. The first-order valence-electron chi connectivity index (χ1n) is 6.82. The van der Waals surface area contributed by atoms with E-state index in [-0.39, 0.29) is 5.91 Å². The van der Waals surface area contributed by atoms with Gasteiger partial charge in [-0.2, -0.15) is 0 Å². The number of carbonyl (C=O) groups is 1. The molecule has 4 heteroatoms. The van der Waals surface area contributed by atoms with Crippen molar-refractivity contribution in [2.24, 2.45) is 0 Å². The molecule has 1 amide bonds. The standard InChI is InChI=1S/C17H18BrNO2/c1-4-21-16-9-11(2)5-8-15(16)19-17(20)13-7-6-12(3)14(18)10-13/h5-10H,4H2,1-3H3,(H,19,20). The van der Waals surface area contributed by atoms with E-state index in [9.17, 15) is 4.79 Å². The predicted molar refractivity (Wildman–Crippen MR) is 89.2 cm³/mol. The summed E-state index contributed by atoms with van der Waals surface area (Å²) in [5.74, 6) is 0.539. The van der Waals surface area contributed by atoms with Crippen molar-refractivity contribution < 1.29 is 9.53 Å². The molecule has 2 aromatic rings. The Morgan fingerprint density at radius 2 is 1.95 bits per heavy atom. The van der Waals surface area contributed by atoms with Gasteiger partial charge in [0.15, 0.2) is 0 Å². The molecule has 0 spiro atoms. The van der Waals surface area contributed by atoms with E-state index < -0.39 is 0 Å². The first kappa shape index (κ1) is 15.6. The molecule has 0 bridgehead atoms. The van der Waals surface area contributed by atoms with E-state index in [0.717, 1.165) is 15.6 Å². The molecule has 3 nitrogen and oxygen atoms in total. The molecule has 21 heavy (non-hydrogen) atoms. The lowest BCUT2D eigenvalue weighted by Crippen LogP contribution is -2.13. The average molecular weight is 348 g/mol. The molecule has 0 fully saturated rings. The lowest BCUT2D eigenvalue weighted by Gasteiger charge is -2.12. The van der Waals surface area contributed by atoms with Gasteiger partial charge in [-0.25, -0.2) is 0 Å². The largest absolute Gasteiger partial charge is 0.492 e. The predicted octanol–water partition coefficient (Wildman–Crippen LogP) is 4.72. The number of carbonyl (C=O) groups excluding carboxylic acids is 1. The number of rotatable bonds is 4. The van der Waals surface area contributed by atoms with E-state index in [1.165, 1.54) is 0 Å². The number of halogens is 1. The average Bonchev–Trinajstić information content (AvgIpc) is 2.45. The molecule has 0 aliphatic rings. The summed E-state index contributed by atoms with van der Waals surface area (Å²) in [6.45, 7) is 6.46. The molecule has 0 saturated carbocycles. The van der Waals surface area contributed by atoms with Gasteiger partial charge in [0.2, 0.25) is 0 Å². The monoisotopic (exact) mass is 347 g/mol.